The molecule has 5 nitrogen and oxygen atoms in total. The standard InChI is InChI=1S/C13H25N3O2.ClH/c1-5-16-7-10(6-11(16)17)12(18)15-13(4,8-14)9(2)3;/h9-10H,5-8,14H2,1-4H3,(H,15,18);1H. The highest BCUT2D eigenvalue weighted by Gasteiger charge is 2.37. The maximum atomic E-state index is 12.2. The zero-order chi connectivity index (χ0) is 13.9. The summed E-state index contributed by atoms with van der Waals surface area (Å²) in [6.07, 6.45) is 0.318. The van der Waals surface area contributed by atoms with Crippen LogP contribution in [0.15, 0.2) is 0 Å². The Morgan fingerprint density at radius 1 is 1.58 bits per heavy atom. The van der Waals surface area contributed by atoms with Crippen molar-refractivity contribution >= 4 is 24.2 Å². The minimum atomic E-state index is -0.403. The number of halogens is 1. The molecule has 3 N–H and O–H groups in total. The Morgan fingerprint density at radius 3 is 2.53 bits per heavy atom. The molecule has 1 rings (SSSR count). The highest BCUT2D eigenvalue weighted by Crippen LogP contribution is 2.21. The lowest BCUT2D eigenvalue weighted by atomic mass is 9.87. The number of amides is 2. The van der Waals surface area contributed by atoms with Gasteiger partial charge >= 0.3 is 0 Å². The molecule has 0 aromatic heterocycles. The van der Waals surface area contributed by atoms with E-state index in [1.807, 2.05) is 27.7 Å². The minimum absolute atomic E-state index is 0. The molecule has 1 aliphatic heterocycles. The lowest BCUT2D eigenvalue weighted by Crippen LogP contribution is -2.56. The Morgan fingerprint density at radius 2 is 2.16 bits per heavy atom. The van der Waals surface area contributed by atoms with Gasteiger partial charge in [0, 0.05) is 26.1 Å². The van der Waals surface area contributed by atoms with Gasteiger partial charge in [0.15, 0.2) is 0 Å². The third kappa shape index (κ3) is 4.08. The quantitative estimate of drug-likeness (QED) is 0.785. The molecule has 19 heavy (non-hydrogen) atoms. The Labute approximate surface area is 121 Å². The monoisotopic (exact) mass is 291 g/mol. The number of nitrogens with two attached hydrogens (primary N) is 1. The number of hydrogen-bond donors (Lipinski definition) is 2. The second-order valence-corrected chi connectivity index (χ2v) is 5.60. The van der Waals surface area contributed by atoms with E-state index in [4.69, 9.17) is 5.73 Å². The van der Waals surface area contributed by atoms with Crippen LogP contribution in [0.2, 0.25) is 0 Å². The first kappa shape index (κ1) is 18.2. The number of rotatable bonds is 5. The van der Waals surface area contributed by atoms with Crippen LogP contribution in [0.1, 0.15) is 34.1 Å². The van der Waals surface area contributed by atoms with E-state index in [2.05, 4.69) is 5.32 Å². The summed E-state index contributed by atoms with van der Waals surface area (Å²) in [6, 6.07) is 0. The predicted molar refractivity (Wildman–Crippen MR) is 78.0 cm³/mol. The van der Waals surface area contributed by atoms with Crippen LogP contribution in [-0.2, 0) is 9.59 Å². The Hall–Kier alpha value is -0.810. The molecule has 0 aliphatic carbocycles. The van der Waals surface area contributed by atoms with Crippen molar-refractivity contribution in [2.45, 2.75) is 39.7 Å². The largest absolute Gasteiger partial charge is 0.349 e. The fraction of sp³-hybridized carbons (Fsp3) is 0.846. The molecule has 1 heterocycles. The summed E-state index contributed by atoms with van der Waals surface area (Å²) in [4.78, 5) is 25.5. The summed E-state index contributed by atoms with van der Waals surface area (Å²) in [6.45, 7) is 9.53. The van der Waals surface area contributed by atoms with E-state index in [9.17, 15) is 9.59 Å². The smallest absolute Gasteiger partial charge is 0.225 e. The molecule has 1 saturated heterocycles. The van der Waals surface area contributed by atoms with Crippen molar-refractivity contribution in [2.24, 2.45) is 17.6 Å². The first-order valence-electron chi connectivity index (χ1n) is 6.64. The molecule has 1 fully saturated rings. The summed E-state index contributed by atoms with van der Waals surface area (Å²) in [7, 11) is 0. The van der Waals surface area contributed by atoms with Gasteiger partial charge in [0.25, 0.3) is 0 Å². The van der Waals surface area contributed by atoms with Crippen LogP contribution in [0.5, 0.6) is 0 Å². The van der Waals surface area contributed by atoms with E-state index in [0.29, 0.717) is 26.1 Å². The minimum Gasteiger partial charge on any atom is -0.349 e. The second-order valence-electron chi connectivity index (χ2n) is 5.60. The van der Waals surface area contributed by atoms with Crippen molar-refractivity contribution in [1.82, 2.24) is 10.2 Å². The van der Waals surface area contributed by atoms with E-state index >= 15 is 0 Å². The molecule has 1 aliphatic rings. The zero-order valence-corrected chi connectivity index (χ0v) is 13.0. The molecule has 0 aromatic rings. The molecule has 0 bridgehead atoms. The van der Waals surface area contributed by atoms with Gasteiger partial charge in [-0.1, -0.05) is 13.8 Å². The number of carbonyl (C=O) groups is 2. The van der Waals surface area contributed by atoms with Crippen LogP contribution in [0.4, 0.5) is 0 Å². The lowest BCUT2D eigenvalue weighted by molar-refractivity contribution is -0.129. The average molecular weight is 292 g/mol. The number of nitrogens with one attached hydrogen (secondary N) is 1. The SMILES string of the molecule is CCN1CC(C(=O)NC(C)(CN)C(C)C)CC1=O.Cl. The first-order valence-corrected chi connectivity index (χ1v) is 6.64. The average Bonchev–Trinajstić information content (AvgIpc) is 2.70. The van der Waals surface area contributed by atoms with Crippen LogP contribution < -0.4 is 11.1 Å². The highest BCUT2D eigenvalue weighted by molar-refractivity contribution is 5.89. The van der Waals surface area contributed by atoms with E-state index in [-0.39, 0.29) is 36.1 Å². The summed E-state index contributed by atoms with van der Waals surface area (Å²) < 4.78 is 0. The molecule has 0 saturated carbocycles. The van der Waals surface area contributed by atoms with Crippen LogP contribution in [0.25, 0.3) is 0 Å². The van der Waals surface area contributed by atoms with Gasteiger partial charge < -0.3 is 16.0 Å². The molecule has 0 spiro atoms. The number of nitrogens with zero attached hydrogens (tertiary/aromatic N) is 1. The van der Waals surface area contributed by atoms with Gasteiger partial charge in [-0.3, -0.25) is 9.59 Å². The van der Waals surface area contributed by atoms with Gasteiger partial charge in [0.1, 0.15) is 0 Å². The Balaban J connectivity index is 0.00000324. The molecule has 0 radical (unpaired) electrons. The van der Waals surface area contributed by atoms with Gasteiger partial charge in [-0.15, -0.1) is 12.4 Å². The van der Waals surface area contributed by atoms with Gasteiger partial charge in [0.05, 0.1) is 11.5 Å². The molecule has 2 amide bonds. The van der Waals surface area contributed by atoms with E-state index in [1.54, 1.807) is 4.90 Å². The highest BCUT2D eigenvalue weighted by atomic mass is 35.5. The van der Waals surface area contributed by atoms with Crippen molar-refractivity contribution in [2.75, 3.05) is 19.6 Å². The van der Waals surface area contributed by atoms with Crippen LogP contribution in [-0.4, -0.2) is 41.9 Å². The molecule has 2 atom stereocenters. The summed E-state index contributed by atoms with van der Waals surface area (Å²) in [5.41, 5.74) is 5.34. The Bertz CT molecular complexity index is 336. The van der Waals surface area contributed by atoms with Crippen LogP contribution in [0, 0.1) is 11.8 Å². The molecule has 112 valence electrons. The van der Waals surface area contributed by atoms with Gasteiger partial charge in [-0.25, -0.2) is 0 Å². The van der Waals surface area contributed by atoms with Crippen molar-refractivity contribution < 1.29 is 9.59 Å². The summed E-state index contributed by atoms with van der Waals surface area (Å²) >= 11 is 0. The molecule has 6 heteroatoms. The number of likely N-dealkylation sites (tertiary alicyclic amines) is 1. The van der Waals surface area contributed by atoms with Gasteiger partial charge in [0.2, 0.25) is 11.8 Å². The maximum absolute atomic E-state index is 12.2. The van der Waals surface area contributed by atoms with Crippen LogP contribution in [0.3, 0.4) is 0 Å². The van der Waals surface area contributed by atoms with Crippen molar-refractivity contribution in [3.63, 3.8) is 0 Å². The summed E-state index contributed by atoms with van der Waals surface area (Å²) in [5, 5.41) is 3.01. The second kappa shape index (κ2) is 7.10. The fourth-order valence-electron chi connectivity index (χ4n) is 2.07. The topological polar surface area (TPSA) is 75.4 Å². The zero-order valence-electron chi connectivity index (χ0n) is 12.2. The number of carbonyl (C=O) groups excluding carboxylic acids is 2. The van der Waals surface area contributed by atoms with Gasteiger partial charge in [-0.2, -0.15) is 0 Å². The summed E-state index contributed by atoms with van der Waals surface area (Å²) in [5.74, 6) is 0.0329. The Kier molecular flexibility index (Phi) is 6.80. The maximum Gasteiger partial charge on any atom is 0.225 e. The van der Waals surface area contributed by atoms with Crippen molar-refractivity contribution in [3.8, 4) is 0 Å². The molecule has 2 unspecified atom stereocenters. The molecule has 0 aromatic carbocycles. The predicted octanol–water partition coefficient (Wildman–Crippen LogP) is 0.766. The van der Waals surface area contributed by atoms with E-state index in [0.717, 1.165) is 0 Å². The molecular weight excluding hydrogens is 266 g/mol. The fourth-order valence-corrected chi connectivity index (χ4v) is 2.07. The van der Waals surface area contributed by atoms with Crippen LogP contribution >= 0.6 is 12.4 Å². The third-order valence-corrected chi connectivity index (χ3v) is 4.07. The van der Waals surface area contributed by atoms with E-state index in [1.165, 1.54) is 0 Å². The molecular formula is C13H26ClN3O2. The van der Waals surface area contributed by atoms with Crippen molar-refractivity contribution in [1.29, 1.82) is 0 Å². The van der Waals surface area contributed by atoms with Gasteiger partial charge in [-0.05, 0) is 19.8 Å². The number of hydrogen-bond acceptors (Lipinski definition) is 3. The third-order valence-electron chi connectivity index (χ3n) is 4.07. The first-order chi connectivity index (χ1) is 8.34. The van der Waals surface area contributed by atoms with Crippen molar-refractivity contribution in [3.05, 3.63) is 0 Å². The lowest BCUT2D eigenvalue weighted by Gasteiger charge is -2.34. The van der Waals surface area contributed by atoms with E-state index < -0.39 is 5.54 Å². The normalized spacial score (nSPS) is 22.1.